The second-order valence-electron chi connectivity index (χ2n) is 12.6. The molecule has 2 aromatic heterocycles. The third kappa shape index (κ3) is 8.87. The van der Waals surface area contributed by atoms with Crippen LogP contribution in [0.5, 0.6) is 5.75 Å². The molecule has 0 N–H and O–H groups in total. The maximum Gasteiger partial charge on any atom is 0.391 e. The number of ether oxygens (including phenoxy) is 1. The van der Waals surface area contributed by atoms with E-state index >= 15 is 0 Å². The van der Waals surface area contributed by atoms with E-state index in [1.54, 1.807) is 4.52 Å². The number of amides is 1. The van der Waals surface area contributed by atoms with Gasteiger partial charge in [0.25, 0.3) is 5.91 Å². The van der Waals surface area contributed by atoms with Gasteiger partial charge in [0.1, 0.15) is 11.4 Å². The fraction of sp³-hybridized carbons (Fsp3) is 0.543. The van der Waals surface area contributed by atoms with E-state index in [9.17, 15) is 18.0 Å². The van der Waals surface area contributed by atoms with E-state index in [1.807, 2.05) is 66.6 Å². The number of piperidine rings is 1. The Balaban J connectivity index is 1.65. The normalized spacial score (nSPS) is 15.2. The highest BCUT2D eigenvalue weighted by Crippen LogP contribution is 2.34. The van der Waals surface area contributed by atoms with E-state index in [4.69, 9.17) is 9.84 Å². The summed E-state index contributed by atoms with van der Waals surface area (Å²) < 4.78 is 46.9. The maximum atomic E-state index is 13.8. The van der Waals surface area contributed by atoms with Crippen LogP contribution in [0.2, 0.25) is 0 Å². The molecule has 0 spiro atoms. The van der Waals surface area contributed by atoms with Crippen molar-refractivity contribution >= 4 is 17.5 Å². The summed E-state index contributed by atoms with van der Waals surface area (Å²) >= 11 is 0. The van der Waals surface area contributed by atoms with Crippen molar-refractivity contribution in [3.63, 3.8) is 0 Å². The molecule has 0 aliphatic carbocycles. The Morgan fingerprint density at radius 2 is 1.68 bits per heavy atom. The van der Waals surface area contributed by atoms with Crippen molar-refractivity contribution in [2.45, 2.75) is 66.5 Å². The number of hydrogen-bond donors (Lipinski definition) is 0. The number of halogens is 3. The molecule has 4 rings (SSSR count). The highest BCUT2D eigenvalue weighted by Gasteiger charge is 2.40. The SMILES string of the molecule is CCOc1ccc(-c2nn3ccc(C(=O)N(CCC(C)C)CCC(C)C)cc3c2C=CCN2CCC(C(F)(F)F)CC2)cc1. The van der Waals surface area contributed by atoms with Crippen molar-refractivity contribution in [1.29, 1.82) is 0 Å². The molecule has 1 aromatic carbocycles. The first-order chi connectivity index (χ1) is 21.0. The average molecular weight is 613 g/mol. The number of aromatic nitrogens is 2. The molecule has 1 aliphatic rings. The van der Waals surface area contributed by atoms with E-state index in [2.05, 4.69) is 32.6 Å². The summed E-state index contributed by atoms with van der Waals surface area (Å²) in [5.74, 6) is 0.559. The third-order valence-electron chi connectivity index (χ3n) is 8.30. The van der Waals surface area contributed by atoms with Crippen LogP contribution < -0.4 is 4.74 Å². The second kappa shape index (κ2) is 15.1. The fourth-order valence-corrected chi connectivity index (χ4v) is 5.54. The van der Waals surface area contributed by atoms with Crippen molar-refractivity contribution in [3.05, 3.63) is 59.8 Å². The van der Waals surface area contributed by atoms with Crippen LogP contribution in [0, 0.1) is 17.8 Å². The van der Waals surface area contributed by atoms with Gasteiger partial charge in [-0.3, -0.25) is 9.69 Å². The van der Waals surface area contributed by atoms with E-state index in [0.29, 0.717) is 56.7 Å². The number of pyridine rings is 1. The predicted octanol–water partition coefficient (Wildman–Crippen LogP) is 8.22. The van der Waals surface area contributed by atoms with Gasteiger partial charge in [-0.2, -0.15) is 18.3 Å². The molecule has 0 atom stereocenters. The van der Waals surface area contributed by atoms with Gasteiger partial charge in [0.15, 0.2) is 0 Å². The van der Waals surface area contributed by atoms with Crippen molar-refractivity contribution < 1.29 is 22.7 Å². The standard InChI is InChI=1S/C35H47F3N4O2/c1-6-44-30-11-9-27(10-12-30)33-31(8-7-18-40-19-16-29(17-20-40)35(36,37)38)32-24-28(15-23-42(32)39-33)34(43)41(21-13-25(2)3)22-14-26(4)5/h7-12,15,23-26,29H,6,13-14,16-22H2,1-5H3. The zero-order chi connectivity index (χ0) is 31.9. The van der Waals surface area contributed by atoms with Crippen LogP contribution >= 0.6 is 0 Å². The van der Waals surface area contributed by atoms with Gasteiger partial charge in [-0.25, -0.2) is 4.52 Å². The van der Waals surface area contributed by atoms with Gasteiger partial charge in [0.05, 0.1) is 18.0 Å². The number of rotatable bonds is 13. The zero-order valence-electron chi connectivity index (χ0n) is 26.7. The smallest absolute Gasteiger partial charge is 0.391 e. The number of nitrogens with zero attached hydrogens (tertiary/aromatic N) is 4. The maximum absolute atomic E-state index is 13.8. The fourth-order valence-electron chi connectivity index (χ4n) is 5.54. The van der Waals surface area contributed by atoms with Crippen molar-refractivity contribution in [1.82, 2.24) is 19.4 Å². The molecule has 6 nitrogen and oxygen atoms in total. The summed E-state index contributed by atoms with van der Waals surface area (Å²) in [5, 5.41) is 4.89. The van der Waals surface area contributed by atoms with Crippen LogP contribution in [0.4, 0.5) is 13.2 Å². The van der Waals surface area contributed by atoms with Gasteiger partial charge in [-0.15, -0.1) is 0 Å². The molecule has 0 saturated carbocycles. The Hall–Kier alpha value is -3.33. The summed E-state index contributed by atoms with van der Waals surface area (Å²) in [4.78, 5) is 17.8. The number of alkyl halides is 3. The molecular weight excluding hydrogens is 565 g/mol. The van der Waals surface area contributed by atoms with Gasteiger partial charge in [0.2, 0.25) is 0 Å². The lowest BCUT2D eigenvalue weighted by Gasteiger charge is -2.32. The monoisotopic (exact) mass is 612 g/mol. The molecule has 1 amide bonds. The van der Waals surface area contributed by atoms with Gasteiger partial charge in [-0.05, 0) is 93.9 Å². The first kappa shape index (κ1) is 33.6. The topological polar surface area (TPSA) is 50.1 Å². The Morgan fingerprint density at radius 3 is 2.25 bits per heavy atom. The molecule has 240 valence electrons. The van der Waals surface area contributed by atoms with Crippen molar-refractivity contribution in [2.24, 2.45) is 17.8 Å². The minimum Gasteiger partial charge on any atom is -0.494 e. The highest BCUT2D eigenvalue weighted by atomic mass is 19.4. The van der Waals surface area contributed by atoms with Gasteiger partial charge >= 0.3 is 6.18 Å². The minimum atomic E-state index is -4.13. The van der Waals surface area contributed by atoms with Crippen LogP contribution in [0.3, 0.4) is 0 Å². The van der Waals surface area contributed by atoms with E-state index in [0.717, 1.165) is 40.9 Å². The van der Waals surface area contributed by atoms with Crippen molar-refractivity contribution in [2.75, 3.05) is 39.3 Å². The number of carbonyl (C=O) groups excluding carboxylic acids is 1. The lowest BCUT2D eigenvalue weighted by Crippen LogP contribution is -2.38. The van der Waals surface area contributed by atoms with Crippen LogP contribution in [0.15, 0.2) is 48.7 Å². The summed E-state index contributed by atoms with van der Waals surface area (Å²) in [6.07, 6.45) is 3.83. The van der Waals surface area contributed by atoms with E-state index in [-0.39, 0.29) is 18.7 Å². The molecule has 3 heterocycles. The molecule has 0 radical (unpaired) electrons. The molecule has 3 aromatic rings. The average Bonchev–Trinajstić information content (AvgIpc) is 3.34. The second-order valence-corrected chi connectivity index (χ2v) is 12.6. The zero-order valence-corrected chi connectivity index (χ0v) is 26.7. The Bertz CT molecular complexity index is 1380. The summed E-state index contributed by atoms with van der Waals surface area (Å²) in [7, 11) is 0. The van der Waals surface area contributed by atoms with Gasteiger partial charge in [-0.1, -0.05) is 39.8 Å². The largest absolute Gasteiger partial charge is 0.494 e. The first-order valence-electron chi connectivity index (χ1n) is 16.0. The minimum absolute atomic E-state index is 0.0140. The lowest BCUT2D eigenvalue weighted by molar-refractivity contribution is -0.184. The number of hydrogen-bond acceptors (Lipinski definition) is 4. The van der Waals surface area contributed by atoms with Gasteiger partial charge in [0, 0.05) is 42.5 Å². The molecule has 9 heteroatoms. The Kier molecular flexibility index (Phi) is 11.5. The number of fused-ring (bicyclic) bond motifs is 1. The number of benzene rings is 1. The number of carbonyl (C=O) groups is 1. The molecule has 0 bridgehead atoms. The van der Waals surface area contributed by atoms with E-state index in [1.165, 1.54) is 0 Å². The number of likely N-dealkylation sites (tertiary alicyclic amines) is 1. The predicted molar refractivity (Wildman–Crippen MR) is 171 cm³/mol. The van der Waals surface area contributed by atoms with Crippen LogP contribution in [-0.4, -0.2) is 70.8 Å². The van der Waals surface area contributed by atoms with E-state index < -0.39 is 12.1 Å². The summed E-state index contributed by atoms with van der Waals surface area (Å²) in [6, 6.07) is 11.5. The highest BCUT2D eigenvalue weighted by molar-refractivity contribution is 5.96. The molecule has 1 aliphatic heterocycles. The quantitative estimate of drug-likeness (QED) is 0.195. The Labute approximate surface area is 259 Å². The lowest BCUT2D eigenvalue weighted by atomic mass is 9.96. The molecule has 44 heavy (non-hydrogen) atoms. The molecule has 1 saturated heterocycles. The summed E-state index contributed by atoms with van der Waals surface area (Å²) in [5.41, 5.74) is 3.96. The van der Waals surface area contributed by atoms with Crippen LogP contribution in [0.1, 0.15) is 76.2 Å². The van der Waals surface area contributed by atoms with Crippen molar-refractivity contribution in [3.8, 4) is 17.0 Å². The first-order valence-corrected chi connectivity index (χ1v) is 16.0. The molecular formula is C35H47F3N4O2. The van der Waals surface area contributed by atoms with Gasteiger partial charge < -0.3 is 9.64 Å². The molecule has 1 fully saturated rings. The third-order valence-corrected chi connectivity index (χ3v) is 8.30. The Morgan fingerprint density at radius 1 is 1.05 bits per heavy atom. The van der Waals surface area contributed by atoms with Crippen LogP contribution in [-0.2, 0) is 0 Å². The van der Waals surface area contributed by atoms with Crippen LogP contribution in [0.25, 0.3) is 22.9 Å². The summed E-state index contributed by atoms with van der Waals surface area (Å²) in [6.45, 7) is 14.0. The molecule has 0 unspecified atom stereocenters.